The monoisotopic (exact) mass is 418 g/mol. The normalized spacial score (nSPS) is 11.2. The van der Waals surface area contributed by atoms with Crippen LogP contribution in [0.5, 0.6) is 0 Å². The summed E-state index contributed by atoms with van der Waals surface area (Å²) in [4.78, 5) is 4.41. The van der Waals surface area contributed by atoms with Gasteiger partial charge in [0, 0.05) is 24.3 Å². The Morgan fingerprint density at radius 1 is 0.893 bits per heavy atom. The maximum atomic E-state index is 12.2. The van der Waals surface area contributed by atoms with Crippen molar-refractivity contribution in [3.8, 4) is 0 Å². The first-order chi connectivity index (χ1) is 13.4. The first-order valence-corrected chi connectivity index (χ1v) is 10.3. The van der Waals surface area contributed by atoms with Crippen molar-refractivity contribution in [2.75, 3.05) is 23.7 Å². The molecular weight excluding hydrogens is 400 g/mol. The van der Waals surface area contributed by atoms with Gasteiger partial charge >= 0.3 is 0 Å². The Morgan fingerprint density at radius 3 is 2.21 bits per heavy atom. The van der Waals surface area contributed by atoms with E-state index in [2.05, 4.69) is 30.5 Å². The smallest absolute Gasteiger partial charge is 0.240 e. The van der Waals surface area contributed by atoms with Crippen molar-refractivity contribution in [3.05, 3.63) is 65.3 Å². The van der Waals surface area contributed by atoms with Crippen molar-refractivity contribution >= 4 is 39.1 Å². The highest BCUT2D eigenvalue weighted by atomic mass is 35.5. The summed E-state index contributed by atoms with van der Waals surface area (Å²) >= 11 is 5.77. The van der Waals surface area contributed by atoms with Gasteiger partial charge in [0.1, 0.15) is 11.6 Å². The quantitative estimate of drug-likeness (QED) is 0.482. The minimum atomic E-state index is -3.58. The van der Waals surface area contributed by atoms with Gasteiger partial charge in [-0.05, 0) is 55.0 Å². The van der Waals surface area contributed by atoms with Crippen LogP contribution in [-0.2, 0) is 10.0 Å². The molecule has 1 aromatic carbocycles. The SMILES string of the molecule is Cc1ccc(Nc2ccc(NCCNS(=O)(=O)c3ccc(Cl)cc3)nn2)nc1. The molecule has 0 radical (unpaired) electrons. The summed E-state index contributed by atoms with van der Waals surface area (Å²) in [6.07, 6.45) is 1.76. The molecule has 3 N–H and O–H groups in total. The van der Waals surface area contributed by atoms with E-state index in [1.807, 2.05) is 19.1 Å². The van der Waals surface area contributed by atoms with E-state index in [1.165, 1.54) is 24.3 Å². The number of pyridine rings is 1. The molecule has 0 unspecified atom stereocenters. The maximum absolute atomic E-state index is 12.2. The number of aromatic nitrogens is 3. The van der Waals surface area contributed by atoms with Crippen LogP contribution in [0.2, 0.25) is 5.02 Å². The van der Waals surface area contributed by atoms with Crippen LogP contribution in [-0.4, -0.2) is 36.7 Å². The van der Waals surface area contributed by atoms with Crippen LogP contribution in [0.3, 0.4) is 0 Å². The maximum Gasteiger partial charge on any atom is 0.240 e. The van der Waals surface area contributed by atoms with E-state index in [0.717, 1.165) is 5.56 Å². The van der Waals surface area contributed by atoms with Gasteiger partial charge in [-0.15, -0.1) is 10.2 Å². The molecule has 8 nitrogen and oxygen atoms in total. The largest absolute Gasteiger partial charge is 0.367 e. The Balaban J connectivity index is 1.47. The molecule has 146 valence electrons. The molecule has 3 aromatic rings. The standard InChI is InChI=1S/C18H19ClN6O2S/c1-13-2-7-16(21-12-13)23-18-9-8-17(24-25-18)20-10-11-22-28(26,27)15-5-3-14(19)4-6-15/h2-9,12,22H,10-11H2,1H3,(H,20,24)(H,21,23,25). The van der Waals surface area contributed by atoms with Crippen LogP contribution in [0.25, 0.3) is 0 Å². The summed E-state index contributed by atoms with van der Waals surface area (Å²) in [6.45, 7) is 2.51. The number of sulfonamides is 1. The molecule has 0 spiro atoms. The number of aryl methyl sites for hydroxylation is 1. The Hall–Kier alpha value is -2.75. The molecule has 10 heteroatoms. The number of rotatable bonds is 8. The molecular formula is C18H19ClN6O2S. The first kappa shape index (κ1) is 20.0. The molecule has 2 heterocycles. The number of benzene rings is 1. The molecule has 0 fully saturated rings. The predicted molar refractivity (Wildman–Crippen MR) is 109 cm³/mol. The Morgan fingerprint density at radius 2 is 1.57 bits per heavy atom. The van der Waals surface area contributed by atoms with Gasteiger partial charge in [-0.2, -0.15) is 0 Å². The van der Waals surface area contributed by atoms with E-state index in [0.29, 0.717) is 29.0 Å². The van der Waals surface area contributed by atoms with Crippen LogP contribution >= 0.6 is 11.6 Å². The van der Waals surface area contributed by atoms with Gasteiger partial charge in [-0.3, -0.25) is 0 Å². The lowest BCUT2D eigenvalue weighted by Crippen LogP contribution is -2.29. The highest BCUT2D eigenvalue weighted by Crippen LogP contribution is 2.14. The van der Waals surface area contributed by atoms with Crippen LogP contribution in [0.1, 0.15) is 5.56 Å². The summed E-state index contributed by atoms with van der Waals surface area (Å²) in [5, 5.41) is 14.7. The molecule has 0 amide bonds. The van der Waals surface area contributed by atoms with E-state index in [9.17, 15) is 8.42 Å². The van der Waals surface area contributed by atoms with Crippen molar-refractivity contribution in [3.63, 3.8) is 0 Å². The third-order valence-electron chi connectivity index (χ3n) is 3.68. The number of nitrogens with zero attached hydrogens (tertiary/aromatic N) is 3. The van der Waals surface area contributed by atoms with Crippen molar-refractivity contribution in [1.29, 1.82) is 0 Å². The molecule has 28 heavy (non-hydrogen) atoms. The van der Waals surface area contributed by atoms with Gasteiger partial charge in [-0.25, -0.2) is 18.1 Å². The molecule has 0 aliphatic heterocycles. The summed E-state index contributed by atoms with van der Waals surface area (Å²) < 4.78 is 26.9. The zero-order valence-corrected chi connectivity index (χ0v) is 16.6. The molecule has 0 saturated carbocycles. The molecule has 0 aliphatic rings. The van der Waals surface area contributed by atoms with Crippen molar-refractivity contribution in [2.45, 2.75) is 11.8 Å². The number of nitrogens with one attached hydrogen (secondary N) is 3. The fraction of sp³-hybridized carbons (Fsp3) is 0.167. The van der Waals surface area contributed by atoms with Crippen LogP contribution in [0.4, 0.5) is 17.5 Å². The summed E-state index contributed by atoms with van der Waals surface area (Å²) in [7, 11) is -3.58. The zero-order valence-electron chi connectivity index (χ0n) is 15.1. The van der Waals surface area contributed by atoms with E-state index in [-0.39, 0.29) is 11.4 Å². The third kappa shape index (κ3) is 5.62. The highest BCUT2D eigenvalue weighted by Gasteiger charge is 2.12. The molecule has 0 aliphatic carbocycles. The van der Waals surface area contributed by atoms with Gasteiger partial charge in [0.25, 0.3) is 0 Å². The van der Waals surface area contributed by atoms with Gasteiger partial charge in [0.15, 0.2) is 5.82 Å². The van der Waals surface area contributed by atoms with Gasteiger partial charge < -0.3 is 10.6 Å². The van der Waals surface area contributed by atoms with E-state index >= 15 is 0 Å². The average Bonchev–Trinajstić information content (AvgIpc) is 2.69. The van der Waals surface area contributed by atoms with E-state index in [4.69, 9.17) is 11.6 Å². The van der Waals surface area contributed by atoms with Crippen molar-refractivity contribution in [2.24, 2.45) is 0 Å². The summed E-state index contributed by atoms with van der Waals surface area (Å²) in [6, 6.07) is 13.3. The second-order valence-electron chi connectivity index (χ2n) is 5.93. The topological polar surface area (TPSA) is 109 Å². The Kier molecular flexibility index (Phi) is 6.40. The summed E-state index contributed by atoms with van der Waals surface area (Å²) in [5.74, 6) is 1.77. The molecule has 3 rings (SSSR count). The van der Waals surface area contributed by atoms with Crippen LogP contribution in [0, 0.1) is 6.92 Å². The lowest BCUT2D eigenvalue weighted by molar-refractivity contribution is 0.583. The Labute approximate surface area is 168 Å². The third-order valence-corrected chi connectivity index (χ3v) is 5.41. The number of hydrogen-bond acceptors (Lipinski definition) is 7. The van der Waals surface area contributed by atoms with E-state index < -0.39 is 10.0 Å². The fourth-order valence-electron chi connectivity index (χ4n) is 2.24. The van der Waals surface area contributed by atoms with Crippen LogP contribution in [0.15, 0.2) is 59.6 Å². The number of halogens is 1. The van der Waals surface area contributed by atoms with Crippen molar-refractivity contribution < 1.29 is 8.42 Å². The zero-order chi connectivity index (χ0) is 20.0. The van der Waals surface area contributed by atoms with E-state index in [1.54, 1.807) is 18.3 Å². The molecule has 0 atom stereocenters. The molecule has 0 saturated heterocycles. The van der Waals surface area contributed by atoms with Crippen LogP contribution < -0.4 is 15.4 Å². The second kappa shape index (κ2) is 8.96. The lowest BCUT2D eigenvalue weighted by Gasteiger charge is -2.09. The fourth-order valence-corrected chi connectivity index (χ4v) is 3.40. The lowest BCUT2D eigenvalue weighted by atomic mass is 10.3. The molecule has 2 aromatic heterocycles. The highest BCUT2D eigenvalue weighted by molar-refractivity contribution is 7.89. The number of anilines is 3. The number of hydrogen-bond donors (Lipinski definition) is 3. The predicted octanol–water partition coefficient (Wildman–Crippen LogP) is 2.97. The minimum Gasteiger partial charge on any atom is -0.367 e. The molecule has 0 bridgehead atoms. The average molecular weight is 419 g/mol. The first-order valence-electron chi connectivity index (χ1n) is 8.45. The summed E-state index contributed by atoms with van der Waals surface area (Å²) in [5.41, 5.74) is 1.07. The van der Waals surface area contributed by atoms with Crippen molar-refractivity contribution in [1.82, 2.24) is 19.9 Å². The van der Waals surface area contributed by atoms with Gasteiger partial charge in [-0.1, -0.05) is 17.7 Å². The van der Waals surface area contributed by atoms with Gasteiger partial charge in [0.2, 0.25) is 10.0 Å². The Bertz CT molecular complexity index is 1010. The van der Waals surface area contributed by atoms with Gasteiger partial charge in [0.05, 0.1) is 4.90 Å². The second-order valence-corrected chi connectivity index (χ2v) is 8.13. The minimum absolute atomic E-state index is 0.164.